The third-order valence-corrected chi connectivity index (χ3v) is 4.93. The first-order chi connectivity index (χ1) is 10.3. The van der Waals surface area contributed by atoms with Crippen molar-refractivity contribution in [1.82, 2.24) is 15.2 Å². The van der Waals surface area contributed by atoms with Crippen LogP contribution in [0.1, 0.15) is 32.6 Å². The predicted molar refractivity (Wildman–Crippen MR) is 87.8 cm³/mol. The third-order valence-electron chi connectivity index (χ3n) is 4.93. The Morgan fingerprint density at radius 3 is 2.71 bits per heavy atom. The van der Waals surface area contributed by atoms with E-state index in [2.05, 4.69) is 39.2 Å². The van der Waals surface area contributed by atoms with Crippen molar-refractivity contribution >= 4 is 5.82 Å². The third kappa shape index (κ3) is 3.55. The van der Waals surface area contributed by atoms with E-state index in [0.29, 0.717) is 5.54 Å². The molecule has 4 heteroatoms. The molecule has 2 fully saturated rings. The second-order valence-corrected chi connectivity index (χ2v) is 6.51. The first-order valence-electron chi connectivity index (χ1n) is 8.45. The van der Waals surface area contributed by atoms with Gasteiger partial charge >= 0.3 is 0 Å². The van der Waals surface area contributed by atoms with Crippen molar-refractivity contribution in [3.05, 3.63) is 24.4 Å². The Morgan fingerprint density at radius 1 is 1.24 bits per heavy atom. The van der Waals surface area contributed by atoms with E-state index in [9.17, 15) is 0 Å². The first-order valence-corrected chi connectivity index (χ1v) is 8.45. The molecule has 4 nitrogen and oxygen atoms in total. The van der Waals surface area contributed by atoms with Gasteiger partial charge in [-0.05, 0) is 37.9 Å². The number of rotatable bonds is 5. The largest absolute Gasteiger partial charge is 0.354 e. The molecule has 21 heavy (non-hydrogen) atoms. The van der Waals surface area contributed by atoms with E-state index in [1.165, 1.54) is 38.8 Å². The maximum Gasteiger partial charge on any atom is 0.128 e. The lowest BCUT2D eigenvalue weighted by Crippen LogP contribution is -2.55. The average Bonchev–Trinajstić information content (AvgIpc) is 2.98. The lowest BCUT2D eigenvalue weighted by atomic mass is 9.91. The molecule has 116 valence electrons. The molecule has 0 bridgehead atoms. The molecule has 2 aliphatic heterocycles. The zero-order valence-electron chi connectivity index (χ0n) is 13.2. The molecule has 2 aliphatic rings. The molecule has 0 aromatic carbocycles. The predicted octanol–water partition coefficient (Wildman–Crippen LogP) is 2.13. The van der Waals surface area contributed by atoms with E-state index in [1.54, 1.807) is 0 Å². The molecular weight excluding hydrogens is 260 g/mol. The van der Waals surface area contributed by atoms with Crippen molar-refractivity contribution in [2.24, 2.45) is 0 Å². The summed E-state index contributed by atoms with van der Waals surface area (Å²) in [5.41, 5.74) is 0.391. The van der Waals surface area contributed by atoms with Crippen LogP contribution in [-0.4, -0.2) is 54.7 Å². The van der Waals surface area contributed by atoms with Crippen molar-refractivity contribution in [3.8, 4) is 0 Å². The molecular formula is C17H28N4. The number of aromatic nitrogens is 1. The van der Waals surface area contributed by atoms with E-state index in [-0.39, 0.29) is 0 Å². The quantitative estimate of drug-likeness (QED) is 0.899. The Balaban J connectivity index is 1.53. The highest BCUT2D eigenvalue weighted by Crippen LogP contribution is 2.26. The minimum Gasteiger partial charge on any atom is -0.354 e. The summed E-state index contributed by atoms with van der Waals surface area (Å²) in [5, 5.41) is 3.79. The van der Waals surface area contributed by atoms with Crippen molar-refractivity contribution in [1.29, 1.82) is 0 Å². The van der Waals surface area contributed by atoms with Gasteiger partial charge in [-0.15, -0.1) is 0 Å². The van der Waals surface area contributed by atoms with E-state index in [0.717, 1.165) is 32.0 Å². The second kappa shape index (κ2) is 6.75. The molecule has 1 aromatic rings. The highest BCUT2D eigenvalue weighted by Gasteiger charge is 2.35. The van der Waals surface area contributed by atoms with Crippen LogP contribution >= 0.6 is 0 Å². The summed E-state index contributed by atoms with van der Waals surface area (Å²) in [7, 11) is 0. The molecule has 3 rings (SSSR count). The van der Waals surface area contributed by atoms with Crippen LogP contribution < -0.4 is 10.2 Å². The number of nitrogens with one attached hydrogen (secondary N) is 1. The van der Waals surface area contributed by atoms with Crippen LogP contribution in [0.25, 0.3) is 0 Å². The zero-order chi connectivity index (χ0) is 14.5. The molecule has 0 amide bonds. The number of nitrogens with zero attached hydrogens (tertiary/aromatic N) is 3. The van der Waals surface area contributed by atoms with Crippen LogP contribution in [0.2, 0.25) is 0 Å². The molecule has 0 aliphatic carbocycles. The summed E-state index contributed by atoms with van der Waals surface area (Å²) in [6.07, 6.45) is 7.17. The Bertz CT molecular complexity index is 420. The fourth-order valence-electron chi connectivity index (χ4n) is 3.88. The standard InChI is InChI=1S/C17H28N4/c1-2-7-17(8-5-10-19-17)15-20-11-13-21(14-12-20)16-6-3-4-9-18-16/h3-4,6,9,19H,2,5,7-8,10-15H2,1H3. The summed E-state index contributed by atoms with van der Waals surface area (Å²) in [5.74, 6) is 1.12. The molecule has 0 radical (unpaired) electrons. The van der Waals surface area contributed by atoms with Gasteiger partial charge in [0.05, 0.1) is 0 Å². The smallest absolute Gasteiger partial charge is 0.128 e. The number of pyridine rings is 1. The van der Waals surface area contributed by atoms with Gasteiger partial charge in [-0.25, -0.2) is 4.98 Å². The SMILES string of the molecule is CCCC1(CN2CCN(c3ccccn3)CC2)CCCN1. The Hall–Kier alpha value is -1.13. The van der Waals surface area contributed by atoms with Crippen molar-refractivity contribution in [3.63, 3.8) is 0 Å². The molecule has 2 saturated heterocycles. The summed E-state index contributed by atoms with van der Waals surface area (Å²) in [6, 6.07) is 6.18. The monoisotopic (exact) mass is 288 g/mol. The highest BCUT2D eigenvalue weighted by atomic mass is 15.3. The normalized spacial score (nSPS) is 27.2. The number of hydrogen-bond donors (Lipinski definition) is 1. The van der Waals surface area contributed by atoms with Gasteiger partial charge in [0, 0.05) is 44.5 Å². The number of piperazine rings is 1. The van der Waals surface area contributed by atoms with Crippen molar-refractivity contribution in [2.45, 2.75) is 38.1 Å². The summed E-state index contributed by atoms with van der Waals surface area (Å²) in [4.78, 5) is 9.52. The van der Waals surface area contributed by atoms with Crippen LogP contribution in [-0.2, 0) is 0 Å². The lowest BCUT2D eigenvalue weighted by molar-refractivity contribution is 0.175. The van der Waals surface area contributed by atoms with E-state index in [4.69, 9.17) is 0 Å². The summed E-state index contributed by atoms with van der Waals surface area (Å²) < 4.78 is 0. The lowest BCUT2D eigenvalue weighted by Gasteiger charge is -2.40. The Labute approximate surface area is 128 Å². The maximum atomic E-state index is 4.47. The van der Waals surface area contributed by atoms with Crippen LogP contribution in [0.15, 0.2) is 24.4 Å². The van der Waals surface area contributed by atoms with Gasteiger partial charge in [0.25, 0.3) is 0 Å². The van der Waals surface area contributed by atoms with Gasteiger partial charge in [0.15, 0.2) is 0 Å². The average molecular weight is 288 g/mol. The van der Waals surface area contributed by atoms with Gasteiger partial charge < -0.3 is 10.2 Å². The molecule has 1 unspecified atom stereocenters. The molecule has 1 N–H and O–H groups in total. The molecule has 1 aromatic heterocycles. The van der Waals surface area contributed by atoms with Crippen molar-refractivity contribution < 1.29 is 0 Å². The summed E-state index contributed by atoms with van der Waals surface area (Å²) >= 11 is 0. The molecule has 0 saturated carbocycles. The van der Waals surface area contributed by atoms with Gasteiger partial charge in [-0.3, -0.25) is 4.90 Å². The second-order valence-electron chi connectivity index (χ2n) is 6.51. The molecule has 0 spiro atoms. The van der Waals surface area contributed by atoms with Crippen LogP contribution in [0.4, 0.5) is 5.82 Å². The van der Waals surface area contributed by atoms with E-state index in [1.807, 2.05) is 12.3 Å². The fourth-order valence-corrected chi connectivity index (χ4v) is 3.88. The molecule has 1 atom stereocenters. The Morgan fingerprint density at radius 2 is 2.10 bits per heavy atom. The highest BCUT2D eigenvalue weighted by molar-refractivity contribution is 5.38. The number of anilines is 1. The molecule has 3 heterocycles. The zero-order valence-corrected chi connectivity index (χ0v) is 13.2. The summed E-state index contributed by atoms with van der Waals surface area (Å²) in [6.45, 7) is 9.23. The van der Waals surface area contributed by atoms with Crippen LogP contribution in [0.3, 0.4) is 0 Å². The van der Waals surface area contributed by atoms with Gasteiger partial charge in [0.1, 0.15) is 5.82 Å². The fraction of sp³-hybridized carbons (Fsp3) is 0.706. The van der Waals surface area contributed by atoms with Crippen LogP contribution in [0.5, 0.6) is 0 Å². The van der Waals surface area contributed by atoms with E-state index >= 15 is 0 Å². The van der Waals surface area contributed by atoms with Crippen LogP contribution in [0, 0.1) is 0 Å². The topological polar surface area (TPSA) is 31.4 Å². The van der Waals surface area contributed by atoms with Gasteiger partial charge in [-0.2, -0.15) is 0 Å². The van der Waals surface area contributed by atoms with Gasteiger partial charge in [0.2, 0.25) is 0 Å². The maximum absolute atomic E-state index is 4.47. The minimum absolute atomic E-state index is 0.391. The Kier molecular flexibility index (Phi) is 4.76. The van der Waals surface area contributed by atoms with Gasteiger partial charge in [-0.1, -0.05) is 19.4 Å². The minimum atomic E-state index is 0.391. The number of hydrogen-bond acceptors (Lipinski definition) is 4. The first kappa shape index (κ1) is 14.8. The van der Waals surface area contributed by atoms with Crippen molar-refractivity contribution in [2.75, 3.05) is 44.2 Å². The van der Waals surface area contributed by atoms with E-state index < -0.39 is 0 Å².